The van der Waals surface area contributed by atoms with Gasteiger partial charge in [0.2, 0.25) is 0 Å². The maximum atomic E-state index is 12.3. The second-order valence-corrected chi connectivity index (χ2v) is 4.78. The molecule has 0 radical (unpaired) electrons. The second kappa shape index (κ2) is 8.43. The average molecular weight is 324 g/mol. The van der Waals surface area contributed by atoms with Gasteiger partial charge < -0.3 is 9.47 Å². The van der Waals surface area contributed by atoms with Crippen LogP contribution in [0.15, 0.2) is 67.3 Å². The molecule has 0 aliphatic carbocycles. The minimum atomic E-state index is -0.574. The van der Waals surface area contributed by atoms with E-state index >= 15 is 0 Å². The third-order valence-corrected chi connectivity index (χ3v) is 3.15. The lowest BCUT2D eigenvalue weighted by Gasteiger charge is -2.06. The number of carbonyl (C=O) groups excluding carboxylic acids is 3. The van der Waals surface area contributed by atoms with Crippen molar-refractivity contribution < 1.29 is 23.9 Å². The van der Waals surface area contributed by atoms with Crippen molar-refractivity contribution in [1.29, 1.82) is 0 Å². The third-order valence-electron chi connectivity index (χ3n) is 3.15. The lowest BCUT2D eigenvalue weighted by Crippen LogP contribution is -2.13. The van der Waals surface area contributed by atoms with Crippen molar-refractivity contribution in [2.24, 2.45) is 0 Å². The smallest absolute Gasteiger partial charge is 0.338 e. The normalized spacial score (nSPS) is 9.83. The highest BCUT2D eigenvalue weighted by Crippen LogP contribution is 2.11. The molecule has 122 valence electrons. The number of ketones is 1. The highest BCUT2D eigenvalue weighted by atomic mass is 16.6. The first-order valence-electron chi connectivity index (χ1n) is 7.28. The Hall–Kier alpha value is -3.21. The van der Waals surface area contributed by atoms with Crippen LogP contribution in [0.5, 0.6) is 0 Å². The van der Waals surface area contributed by atoms with Gasteiger partial charge in [0.05, 0.1) is 5.56 Å². The molecule has 0 aliphatic rings. The van der Waals surface area contributed by atoms with E-state index in [-0.39, 0.29) is 19.0 Å². The number of rotatable bonds is 7. The maximum Gasteiger partial charge on any atom is 0.338 e. The van der Waals surface area contributed by atoms with E-state index in [1.54, 1.807) is 36.4 Å². The summed E-state index contributed by atoms with van der Waals surface area (Å²) in [7, 11) is 0. The van der Waals surface area contributed by atoms with Crippen LogP contribution in [-0.4, -0.2) is 30.9 Å². The molecule has 0 fully saturated rings. The fourth-order valence-corrected chi connectivity index (χ4v) is 1.93. The molecular formula is C19H16O5. The van der Waals surface area contributed by atoms with Crippen LogP contribution in [-0.2, 0) is 14.3 Å². The zero-order valence-electron chi connectivity index (χ0n) is 12.9. The van der Waals surface area contributed by atoms with Crippen molar-refractivity contribution in [2.45, 2.75) is 0 Å². The van der Waals surface area contributed by atoms with E-state index in [1.165, 1.54) is 12.1 Å². The van der Waals surface area contributed by atoms with Crippen molar-refractivity contribution in [3.8, 4) is 0 Å². The maximum absolute atomic E-state index is 12.3. The third kappa shape index (κ3) is 4.64. The largest absolute Gasteiger partial charge is 0.459 e. The minimum Gasteiger partial charge on any atom is -0.459 e. The highest BCUT2D eigenvalue weighted by Gasteiger charge is 2.11. The molecule has 2 aromatic rings. The first-order chi connectivity index (χ1) is 11.6. The number of esters is 2. The van der Waals surface area contributed by atoms with Gasteiger partial charge in [-0.3, -0.25) is 4.79 Å². The first-order valence-corrected chi connectivity index (χ1v) is 7.28. The molecule has 0 atom stereocenters. The molecule has 0 saturated heterocycles. The Kier molecular flexibility index (Phi) is 6.02. The summed E-state index contributed by atoms with van der Waals surface area (Å²) < 4.78 is 9.67. The van der Waals surface area contributed by atoms with E-state index in [1.807, 2.05) is 6.07 Å². The standard InChI is InChI=1S/C19H16O5/c1-2-17(20)23-12-13-24-19(22)16-10-8-15(9-11-16)18(21)14-6-4-3-5-7-14/h2-11H,1,12-13H2. The van der Waals surface area contributed by atoms with Gasteiger partial charge in [-0.15, -0.1) is 0 Å². The van der Waals surface area contributed by atoms with Crippen LogP contribution >= 0.6 is 0 Å². The van der Waals surface area contributed by atoms with Gasteiger partial charge in [0.25, 0.3) is 0 Å². The topological polar surface area (TPSA) is 69.7 Å². The van der Waals surface area contributed by atoms with Crippen LogP contribution < -0.4 is 0 Å². The van der Waals surface area contributed by atoms with Crippen molar-refractivity contribution in [3.63, 3.8) is 0 Å². The summed E-state index contributed by atoms with van der Waals surface area (Å²) in [4.78, 5) is 34.9. The summed E-state index contributed by atoms with van der Waals surface area (Å²) in [5.74, 6) is -1.25. The molecule has 0 amide bonds. The number of hydrogen-bond donors (Lipinski definition) is 0. The van der Waals surface area contributed by atoms with E-state index in [2.05, 4.69) is 6.58 Å². The average Bonchev–Trinajstić information content (AvgIpc) is 2.65. The minimum absolute atomic E-state index is 0.0405. The monoisotopic (exact) mass is 324 g/mol. The molecule has 0 aromatic heterocycles. The van der Waals surface area contributed by atoms with Crippen LogP contribution in [0.25, 0.3) is 0 Å². The molecule has 0 heterocycles. The van der Waals surface area contributed by atoms with Gasteiger partial charge in [-0.05, 0) is 12.1 Å². The Bertz CT molecular complexity index is 732. The molecule has 0 saturated carbocycles. The lowest BCUT2D eigenvalue weighted by molar-refractivity contribution is -0.138. The van der Waals surface area contributed by atoms with Gasteiger partial charge in [0, 0.05) is 17.2 Å². The van der Waals surface area contributed by atoms with Crippen molar-refractivity contribution in [2.75, 3.05) is 13.2 Å². The van der Waals surface area contributed by atoms with Crippen LogP contribution in [0.3, 0.4) is 0 Å². The zero-order valence-corrected chi connectivity index (χ0v) is 12.9. The van der Waals surface area contributed by atoms with Gasteiger partial charge in [-0.25, -0.2) is 9.59 Å². The van der Waals surface area contributed by atoms with E-state index in [0.717, 1.165) is 6.08 Å². The molecule has 5 heteroatoms. The Balaban J connectivity index is 1.91. The predicted octanol–water partition coefficient (Wildman–Crippen LogP) is 2.80. The summed E-state index contributed by atoms with van der Waals surface area (Å²) >= 11 is 0. The molecule has 2 aromatic carbocycles. The van der Waals surface area contributed by atoms with Gasteiger partial charge in [0.15, 0.2) is 5.78 Å². The van der Waals surface area contributed by atoms with Crippen molar-refractivity contribution in [3.05, 3.63) is 83.9 Å². The number of benzene rings is 2. The van der Waals surface area contributed by atoms with E-state index in [4.69, 9.17) is 9.47 Å². The molecular weight excluding hydrogens is 308 g/mol. The summed E-state index contributed by atoms with van der Waals surface area (Å²) in [6.45, 7) is 3.16. The molecule has 5 nitrogen and oxygen atoms in total. The summed E-state index contributed by atoms with van der Waals surface area (Å²) in [6, 6.07) is 15.1. The van der Waals surface area contributed by atoms with Gasteiger partial charge in [-0.2, -0.15) is 0 Å². The summed E-state index contributed by atoms with van der Waals surface area (Å²) in [6.07, 6.45) is 1.03. The van der Waals surface area contributed by atoms with Gasteiger partial charge in [0.1, 0.15) is 13.2 Å². The van der Waals surface area contributed by atoms with Crippen LogP contribution in [0.4, 0.5) is 0 Å². The number of ether oxygens (including phenoxy) is 2. The quantitative estimate of drug-likeness (QED) is 0.339. The van der Waals surface area contributed by atoms with Crippen molar-refractivity contribution >= 4 is 17.7 Å². The van der Waals surface area contributed by atoms with E-state index in [0.29, 0.717) is 16.7 Å². The summed E-state index contributed by atoms with van der Waals surface area (Å²) in [5.41, 5.74) is 1.38. The van der Waals surface area contributed by atoms with Crippen molar-refractivity contribution in [1.82, 2.24) is 0 Å². The second-order valence-electron chi connectivity index (χ2n) is 4.78. The van der Waals surface area contributed by atoms with Crippen LogP contribution in [0, 0.1) is 0 Å². The molecule has 0 unspecified atom stereocenters. The SMILES string of the molecule is C=CC(=O)OCCOC(=O)c1ccc(C(=O)c2ccccc2)cc1. The Labute approximate surface area is 139 Å². The Morgan fingerprint density at radius 1 is 0.792 bits per heavy atom. The van der Waals surface area contributed by atoms with Crippen LogP contribution in [0.1, 0.15) is 26.3 Å². The Morgan fingerprint density at radius 2 is 1.33 bits per heavy atom. The molecule has 0 spiro atoms. The first kappa shape index (κ1) is 17.1. The number of hydrogen-bond acceptors (Lipinski definition) is 5. The molecule has 24 heavy (non-hydrogen) atoms. The highest BCUT2D eigenvalue weighted by molar-refractivity contribution is 6.09. The molecule has 0 bridgehead atoms. The van der Waals surface area contributed by atoms with E-state index in [9.17, 15) is 14.4 Å². The van der Waals surface area contributed by atoms with Crippen LogP contribution in [0.2, 0.25) is 0 Å². The van der Waals surface area contributed by atoms with Gasteiger partial charge in [-0.1, -0.05) is 49.0 Å². The molecule has 0 aliphatic heterocycles. The fraction of sp³-hybridized carbons (Fsp3) is 0.105. The molecule has 0 N–H and O–H groups in total. The zero-order chi connectivity index (χ0) is 17.4. The molecule has 2 rings (SSSR count). The summed E-state index contributed by atoms with van der Waals surface area (Å²) in [5, 5.41) is 0. The predicted molar refractivity (Wildman–Crippen MR) is 87.8 cm³/mol. The Morgan fingerprint density at radius 3 is 1.96 bits per heavy atom. The van der Waals surface area contributed by atoms with E-state index < -0.39 is 11.9 Å². The van der Waals surface area contributed by atoms with Gasteiger partial charge >= 0.3 is 11.9 Å². The number of carbonyl (C=O) groups is 3. The lowest BCUT2D eigenvalue weighted by atomic mass is 10.0. The fourth-order valence-electron chi connectivity index (χ4n) is 1.93.